The van der Waals surface area contributed by atoms with Crippen LogP contribution in [0.1, 0.15) is 45.2 Å². The highest BCUT2D eigenvalue weighted by Gasteiger charge is 2.20. The zero-order valence-corrected chi connectivity index (χ0v) is 15.4. The minimum atomic E-state index is -0.327. The fourth-order valence-corrected chi connectivity index (χ4v) is 3.37. The van der Waals surface area contributed by atoms with Crippen LogP contribution in [0.3, 0.4) is 0 Å². The van der Waals surface area contributed by atoms with E-state index in [4.69, 9.17) is 4.74 Å². The summed E-state index contributed by atoms with van der Waals surface area (Å²) in [6.07, 6.45) is 5.28. The number of ketones is 1. The second-order valence-corrected chi connectivity index (χ2v) is 6.75. The lowest BCUT2D eigenvalue weighted by Crippen LogP contribution is -2.20. The molecule has 28 heavy (non-hydrogen) atoms. The first-order valence-corrected chi connectivity index (χ1v) is 9.34. The Bertz CT molecular complexity index is 975. The average Bonchev–Trinajstić information content (AvgIpc) is 3.23. The molecule has 0 saturated carbocycles. The molecule has 3 aromatic rings. The third-order valence-corrected chi connectivity index (χ3v) is 4.88. The van der Waals surface area contributed by atoms with E-state index in [0.717, 1.165) is 26.1 Å². The van der Waals surface area contributed by atoms with Crippen LogP contribution in [0.5, 0.6) is 0 Å². The van der Waals surface area contributed by atoms with Gasteiger partial charge in [0.1, 0.15) is 0 Å². The second-order valence-electron chi connectivity index (χ2n) is 6.75. The van der Waals surface area contributed by atoms with Crippen molar-refractivity contribution in [2.24, 2.45) is 0 Å². The largest absolute Gasteiger partial charge is 0.381 e. The number of amides is 1. The highest BCUT2D eigenvalue weighted by molar-refractivity contribution is 6.17. The van der Waals surface area contributed by atoms with Crippen LogP contribution in [0.15, 0.2) is 67.0 Å². The van der Waals surface area contributed by atoms with Crippen molar-refractivity contribution >= 4 is 17.4 Å². The van der Waals surface area contributed by atoms with Crippen molar-refractivity contribution in [3.8, 4) is 0 Å². The smallest absolute Gasteiger partial charge is 0.256 e. The van der Waals surface area contributed by atoms with E-state index in [0.29, 0.717) is 22.4 Å². The summed E-state index contributed by atoms with van der Waals surface area (Å²) >= 11 is 0. The fraction of sp³-hybridized carbons (Fsp3) is 0.227. The molecule has 0 aliphatic carbocycles. The number of benzene rings is 2. The molecule has 1 N–H and O–H groups in total. The number of aromatic nitrogens is 2. The number of carbonyl (C=O) groups is 2. The van der Waals surface area contributed by atoms with Gasteiger partial charge in [0.2, 0.25) is 0 Å². The summed E-state index contributed by atoms with van der Waals surface area (Å²) in [5.74, 6) is -0.504. The minimum absolute atomic E-state index is 0.177. The Morgan fingerprint density at radius 1 is 0.964 bits per heavy atom. The van der Waals surface area contributed by atoms with Crippen LogP contribution in [-0.2, 0) is 4.74 Å². The number of ether oxygens (including phenoxy) is 1. The molecular weight excluding hydrogens is 354 g/mol. The van der Waals surface area contributed by atoms with Crippen molar-refractivity contribution in [1.82, 2.24) is 9.78 Å². The van der Waals surface area contributed by atoms with Gasteiger partial charge in [-0.1, -0.05) is 48.5 Å². The summed E-state index contributed by atoms with van der Waals surface area (Å²) < 4.78 is 7.25. The van der Waals surface area contributed by atoms with Crippen LogP contribution in [0.2, 0.25) is 0 Å². The number of hydrogen-bond donors (Lipinski definition) is 1. The molecular formula is C22H21N3O3. The summed E-state index contributed by atoms with van der Waals surface area (Å²) in [5, 5.41) is 7.23. The molecule has 1 aromatic heterocycles. The maximum absolute atomic E-state index is 12.8. The SMILES string of the molecule is O=C(Nc1cnn(C2CCOCC2)c1)c1ccccc1C(=O)c1ccccc1. The van der Waals surface area contributed by atoms with Crippen molar-refractivity contribution in [2.45, 2.75) is 18.9 Å². The van der Waals surface area contributed by atoms with Crippen LogP contribution >= 0.6 is 0 Å². The van der Waals surface area contributed by atoms with Crippen molar-refractivity contribution in [2.75, 3.05) is 18.5 Å². The van der Waals surface area contributed by atoms with Crippen LogP contribution in [-0.4, -0.2) is 34.7 Å². The van der Waals surface area contributed by atoms with Gasteiger partial charge in [-0.15, -0.1) is 0 Å². The Morgan fingerprint density at radius 2 is 1.64 bits per heavy atom. The van der Waals surface area contributed by atoms with Gasteiger partial charge < -0.3 is 10.1 Å². The number of hydrogen-bond acceptors (Lipinski definition) is 4. The van der Waals surface area contributed by atoms with Gasteiger partial charge in [-0.2, -0.15) is 5.10 Å². The molecule has 0 bridgehead atoms. The first kappa shape index (κ1) is 18.1. The lowest BCUT2D eigenvalue weighted by Gasteiger charge is -2.22. The normalized spacial score (nSPS) is 14.6. The van der Waals surface area contributed by atoms with E-state index < -0.39 is 0 Å². The molecule has 2 heterocycles. The molecule has 1 fully saturated rings. The van der Waals surface area contributed by atoms with Gasteiger partial charge >= 0.3 is 0 Å². The minimum Gasteiger partial charge on any atom is -0.381 e. The predicted molar refractivity (Wildman–Crippen MR) is 106 cm³/mol. The van der Waals surface area contributed by atoms with Gasteiger partial charge in [0.05, 0.1) is 23.5 Å². The van der Waals surface area contributed by atoms with Crippen molar-refractivity contribution in [3.63, 3.8) is 0 Å². The maximum Gasteiger partial charge on any atom is 0.256 e. The fourth-order valence-electron chi connectivity index (χ4n) is 3.37. The van der Waals surface area contributed by atoms with Crippen LogP contribution in [0, 0.1) is 0 Å². The molecule has 0 atom stereocenters. The third kappa shape index (κ3) is 3.87. The highest BCUT2D eigenvalue weighted by Crippen LogP contribution is 2.22. The van der Waals surface area contributed by atoms with Gasteiger partial charge in [0.15, 0.2) is 5.78 Å². The first-order chi connectivity index (χ1) is 13.7. The average molecular weight is 375 g/mol. The van der Waals surface area contributed by atoms with E-state index >= 15 is 0 Å². The summed E-state index contributed by atoms with van der Waals surface area (Å²) in [6.45, 7) is 1.45. The van der Waals surface area contributed by atoms with E-state index in [1.807, 2.05) is 16.9 Å². The van der Waals surface area contributed by atoms with Crippen molar-refractivity contribution in [3.05, 3.63) is 83.7 Å². The standard InChI is InChI=1S/C22H21N3O3/c26-21(16-6-2-1-3-7-16)19-8-4-5-9-20(19)22(27)24-17-14-23-25(15-17)18-10-12-28-13-11-18/h1-9,14-15,18H,10-13H2,(H,24,27). The molecule has 1 amide bonds. The topological polar surface area (TPSA) is 73.2 Å². The van der Waals surface area contributed by atoms with E-state index in [9.17, 15) is 9.59 Å². The summed E-state index contributed by atoms with van der Waals surface area (Å²) in [5.41, 5.74) is 1.88. The molecule has 0 spiro atoms. The number of rotatable bonds is 5. The van der Waals surface area contributed by atoms with E-state index in [1.54, 1.807) is 54.7 Å². The molecule has 0 radical (unpaired) electrons. The van der Waals surface area contributed by atoms with Crippen molar-refractivity contribution in [1.29, 1.82) is 0 Å². The first-order valence-electron chi connectivity index (χ1n) is 9.34. The summed E-state index contributed by atoms with van der Waals surface area (Å²) in [6, 6.07) is 16.1. The highest BCUT2D eigenvalue weighted by atomic mass is 16.5. The molecule has 6 heteroatoms. The summed E-state index contributed by atoms with van der Waals surface area (Å²) in [7, 11) is 0. The zero-order chi connectivity index (χ0) is 19.3. The second kappa shape index (κ2) is 8.19. The van der Waals surface area contributed by atoms with Crippen LogP contribution in [0.4, 0.5) is 5.69 Å². The van der Waals surface area contributed by atoms with E-state index in [2.05, 4.69) is 10.4 Å². The maximum atomic E-state index is 12.8. The predicted octanol–water partition coefficient (Wildman–Crippen LogP) is 3.72. The molecule has 1 aliphatic heterocycles. The molecule has 142 valence electrons. The van der Waals surface area contributed by atoms with Gasteiger partial charge in [-0.05, 0) is 18.9 Å². The van der Waals surface area contributed by atoms with E-state index in [-0.39, 0.29) is 17.7 Å². The number of carbonyl (C=O) groups excluding carboxylic acids is 2. The van der Waals surface area contributed by atoms with Gasteiger partial charge in [-0.25, -0.2) is 0 Å². The monoisotopic (exact) mass is 375 g/mol. The number of nitrogens with one attached hydrogen (secondary N) is 1. The van der Waals surface area contributed by atoms with Crippen molar-refractivity contribution < 1.29 is 14.3 Å². The molecule has 2 aromatic carbocycles. The Hall–Kier alpha value is -3.25. The van der Waals surface area contributed by atoms with Gasteiger partial charge in [-0.3, -0.25) is 14.3 Å². The Kier molecular flexibility index (Phi) is 5.30. The number of anilines is 1. The van der Waals surface area contributed by atoms with Gasteiger partial charge in [0, 0.05) is 30.5 Å². The lowest BCUT2D eigenvalue weighted by atomic mass is 9.98. The molecule has 1 aliphatic rings. The molecule has 6 nitrogen and oxygen atoms in total. The molecule has 0 unspecified atom stereocenters. The van der Waals surface area contributed by atoms with Gasteiger partial charge in [0.25, 0.3) is 5.91 Å². The molecule has 4 rings (SSSR count). The summed E-state index contributed by atoms with van der Waals surface area (Å²) in [4.78, 5) is 25.7. The third-order valence-electron chi connectivity index (χ3n) is 4.88. The Labute approximate surface area is 163 Å². The number of nitrogens with zero attached hydrogens (tertiary/aromatic N) is 2. The quantitative estimate of drug-likeness (QED) is 0.690. The Morgan fingerprint density at radius 3 is 2.39 bits per heavy atom. The van der Waals surface area contributed by atoms with Crippen LogP contribution < -0.4 is 5.32 Å². The van der Waals surface area contributed by atoms with E-state index in [1.165, 1.54) is 0 Å². The van der Waals surface area contributed by atoms with Crippen LogP contribution in [0.25, 0.3) is 0 Å². The molecule has 1 saturated heterocycles. The Balaban J connectivity index is 1.53. The zero-order valence-electron chi connectivity index (χ0n) is 15.4. The lowest BCUT2D eigenvalue weighted by molar-refractivity contribution is 0.0662.